The summed E-state index contributed by atoms with van der Waals surface area (Å²) in [4.78, 5) is 37.9. The molecule has 2 saturated heterocycles. The molecule has 2 amide bonds. The molecule has 1 aromatic rings. The molecular formula is C21H31N3O5. The van der Waals surface area contributed by atoms with Crippen molar-refractivity contribution < 1.29 is 24.2 Å². The van der Waals surface area contributed by atoms with Crippen LogP contribution in [0.1, 0.15) is 48.0 Å². The molecule has 2 heterocycles. The van der Waals surface area contributed by atoms with Crippen LogP contribution >= 0.6 is 0 Å². The second kappa shape index (κ2) is 10.2. The first kappa shape index (κ1) is 22.7. The lowest BCUT2D eigenvalue weighted by Crippen LogP contribution is -2.63. The van der Waals surface area contributed by atoms with Gasteiger partial charge in [0.1, 0.15) is 11.3 Å². The molecule has 0 radical (unpaired) electrons. The maximum Gasteiger partial charge on any atom is 0.290 e. The van der Waals surface area contributed by atoms with Gasteiger partial charge in [-0.25, -0.2) is 0 Å². The smallest absolute Gasteiger partial charge is 0.290 e. The number of methoxy groups -OCH3 is 1. The Hall–Kier alpha value is -2.61. The molecular weight excluding hydrogens is 374 g/mol. The highest BCUT2D eigenvalue weighted by Crippen LogP contribution is 2.33. The van der Waals surface area contributed by atoms with Crippen LogP contribution in [0.3, 0.4) is 0 Å². The first-order chi connectivity index (χ1) is 13.9. The highest BCUT2D eigenvalue weighted by Gasteiger charge is 2.46. The maximum absolute atomic E-state index is 13.1. The number of aryl methyl sites for hydroxylation is 1. The molecule has 1 aromatic carbocycles. The number of carboxylic acid groups (broad SMARTS) is 1. The summed E-state index contributed by atoms with van der Waals surface area (Å²) in [5, 5.41) is 6.89. The number of benzene rings is 1. The number of carbonyl (C=O) groups excluding carboxylic acids is 2. The molecule has 0 saturated carbocycles. The van der Waals surface area contributed by atoms with E-state index in [-0.39, 0.29) is 18.3 Å². The molecule has 2 aliphatic heterocycles. The average Bonchev–Trinajstić information content (AvgIpc) is 2.74. The van der Waals surface area contributed by atoms with E-state index < -0.39 is 5.54 Å². The standard InChI is InChI=1S/C20H29N3O3.CH2O2/c1-15-7-6-8-16(26-2)17(15)18(24)22-13-9-20(10-14-22,19(21)25)23-11-4-3-5-12-23;2-1-3/h6-8H,3-5,9-14H2,1-2H3,(H2,21,25);1H,(H,2,3). The van der Waals surface area contributed by atoms with Crippen molar-refractivity contribution in [2.45, 2.75) is 44.6 Å². The van der Waals surface area contributed by atoms with E-state index in [2.05, 4.69) is 4.90 Å². The fourth-order valence-corrected chi connectivity index (χ4v) is 4.36. The predicted octanol–water partition coefficient (Wildman–Crippen LogP) is 1.65. The van der Waals surface area contributed by atoms with Gasteiger partial charge in [0.05, 0.1) is 12.7 Å². The number of likely N-dealkylation sites (tertiary alicyclic amines) is 2. The Morgan fingerprint density at radius 2 is 1.72 bits per heavy atom. The Morgan fingerprint density at radius 1 is 1.14 bits per heavy atom. The van der Waals surface area contributed by atoms with Crippen LogP contribution in [0.15, 0.2) is 18.2 Å². The summed E-state index contributed by atoms with van der Waals surface area (Å²) < 4.78 is 5.38. The van der Waals surface area contributed by atoms with E-state index in [0.717, 1.165) is 31.5 Å². The minimum atomic E-state index is -0.604. The lowest BCUT2D eigenvalue weighted by Gasteiger charge is -2.48. The number of piperidine rings is 2. The van der Waals surface area contributed by atoms with Gasteiger partial charge in [0.25, 0.3) is 12.4 Å². The molecule has 2 fully saturated rings. The number of primary amides is 1. The highest BCUT2D eigenvalue weighted by molar-refractivity contribution is 5.98. The first-order valence-corrected chi connectivity index (χ1v) is 9.97. The number of nitrogens with zero attached hydrogens (tertiary/aromatic N) is 2. The number of amides is 2. The number of nitrogens with two attached hydrogens (primary N) is 1. The fraction of sp³-hybridized carbons (Fsp3) is 0.571. The molecule has 29 heavy (non-hydrogen) atoms. The number of hydrogen-bond donors (Lipinski definition) is 2. The van der Waals surface area contributed by atoms with Gasteiger partial charge < -0.3 is 20.5 Å². The largest absolute Gasteiger partial charge is 0.496 e. The minimum Gasteiger partial charge on any atom is -0.496 e. The summed E-state index contributed by atoms with van der Waals surface area (Å²) in [6.45, 7) is 4.58. The van der Waals surface area contributed by atoms with Crippen LogP contribution in [-0.4, -0.2) is 72.0 Å². The van der Waals surface area contributed by atoms with Crippen molar-refractivity contribution in [1.82, 2.24) is 9.80 Å². The molecule has 0 spiro atoms. The monoisotopic (exact) mass is 405 g/mol. The maximum atomic E-state index is 13.1. The summed E-state index contributed by atoms with van der Waals surface area (Å²) in [6.07, 6.45) is 4.63. The van der Waals surface area contributed by atoms with Crippen LogP contribution in [0.5, 0.6) is 5.75 Å². The number of rotatable bonds is 4. The van der Waals surface area contributed by atoms with Gasteiger partial charge in [-0.3, -0.25) is 19.3 Å². The van der Waals surface area contributed by atoms with Crippen LogP contribution in [-0.2, 0) is 9.59 Å². The zero-order valence-corrected chi connectivity index (χ0v) is 17.2. The molecule has 160 valence electrons. The highest BCUT2D eigenvalue weighted by atomic mass is 16.5. The van der Waals surface area contributed by atoms with Gasteiger partial charge in [0, 0.05) is 13.1 Å². The molecule has 3 N–H and O–H groups in total. The number of hydrogen-bond acceptors (Lipinski definition) is 5. The topological polar surface area (TPSA) is 113 Å². The van der Waals surface area contributed by atoms with Gasteiger partial charge in [-0.15, -0.1) is 0 Å². The van der Waals surface area contributed by atoms with Gasteiger partial charge in [0.15, 0.2) is 0 Å². The molecule has 8 nitrogen and oxygen atoms in total. The molecule has 0 aromatic heterocycles. The number of carbonyl (C=O) groups is 3. The van der Waals surface area contributed by atoms with E-state index >= 15 is 0 Å². The third kappa shape index (κ3) is 4.87. The van der Waals surface area contributed by atoms with Gasteiger partial charge in [-0.2, -0.15) is 0 Å². The molecule has 0 aliphatic carbocycles. The SMILES string of the molecule is COc1cccc(C)c1C(=O)N1CCC(C(N)=O)(N2CCCCC2)CC1.O=CO. The van der Waals surface area contributed by atoms with E-state index in [0.29, 0.717) is 37.2 Å². The van der Waals surface area contributed by atoms with Crippen LogP contribution in [0.25, 0.3) is 0 Å². The van der Waals surface area contributed by atoms with Crippen molar-refractivity contribution in [2.24, 2.45) is 5.73 Å². The summed E-state index contributed by atoms with van der Waals surface area (Å²) in [5.74, 6) is 0.314. The number of ether oxygens (including phenoxy) is 1. The van der Waals surface area contributed by atoms with E-state index in [1.165, 1.54) is 6.42 Å². The zero-order valence-electron chi connectivity index (χ0n) is 17.2. The summed E-state index contributed by atoms with van der Waals surface area (Å²) in [6, 6.07) is 5.61. The lowest BCUT2D eigenvalue weighted by atomic mass is 9.83. The summed E-state index contributed by atoms with van der Waals surface area (Å²) in [7, 11) is 1.58. The van der Waals surface area contributed by atoms with Crippen LogP contribution in [0.2, 0.25) is 0 Å². The lowest BCUT2D eigenvalue weighted by molar-refractivity contribution is -0.134. The van der Waals surface area contributed by atoms with Gasteiger partial charge in [0.2, 0.25) is 5.91 Å². The van der Waals surface area contributed by atoms with Crippen molar-refractivity contribution in [3.63, 3.8) is 0 Å². The van der Waals surface area contributed by atoms with Crippen molar-refractivity contribution in [3.05, 3.63) is 29.3 Å². The molecule has 0 bridgehead atoms. The average molecular weight is 405 g/mol. The second-order valence-electron chi connectivity index (χ2n) is 7.49. The predicted molar refractivity (Wildman–Crippen MR) is 109 cm³/mol. The Kier molecular flexibility index (Phi) is 8.01. The summed E-state index contributed by atoms with van der Waals surface area (Å²) >= 11 is 0. The minimum absolute atomic E-state index is 0.0309. The van der Waals surface area contributed by atoms with E-state index in [4.69, 9.17) is 20.4 Å². The van der Waals surface area contributed by atoms with Gasteiger partial charge in [-0.1, -0.05) is 18.6 Å². The van der Waals surface area contributed by atoms with Crippen LogP contribution in [0, 0.1) is 6.92 Å². The summed E-state index contributed by atoms with van der Waals surface area (Å²) in [5.41, 5.74) is 6.74. The van der Waals surface area contributed by atoms with Gasteiger partial charge in [-0.05, 0) is 57.3 Å². The third-order valence-corrected chi connectivity index (χ3v) is 5.97. The molecule has 2 aliphatic rings. The van der Waals surface area contributed by atoms with Crippen molar-refractivity contribution in [1.29, 1.82) is 0 Å². The molecule has 0 atom stereocenters. The first-order valence-electron chi connectivity index (χ1n) is 9.97. The Labute approximate surface area is 171 Å². The normalized spacial score (nSPS) is 18.9. The van der Waals surface area contributed by atoms with Crippen LogP contribution < -0.4 is 10.5 Å². The molecule has 0 unspecified atom stereocenters. The van der Waals surface area contributed by atoms with Crippen molar-refractivity contribution in [2.75, 3.05) is 33.3 Å². The Bertz CT molecular complexity index is 723. The Balaban J connectivity index is 0.000000941. The zero-order chi connectivity index (χ0) is 21.4. The van der Waals surface area contributed by atoms with Crippen LogP contribution in [0.4, 0.5) is 0 Å². The van der Waals surface area contributed by atoms with E-state index in [9.17, 15) is 9.59 Å². The van der Waals surface area contributed by atoms with Crippen molar-refractivity contribution in [3.8, 4) is 5.75 Å². The van der Waals surface area contributed by atoms with Crippen molar-refractivity contribution >= 4 is 18.3 Å². The second-order valence-corrected chi connectivity index (χ2v) is 7.49. The fourth-order valence-electron chi connectivity index (χ4n) is 4.36. The van der Waals surface area contributed by atoms with Gasteiger partial charge >= 0.3 is 0 Å². The van der Waals surface area contributed by atoms with E-state index in [1.54, 1.807) is 7.11 Å². The molecule has 8 heteroatoms. The molecule has 3 rings (SSSR count). The van der Waals surface area contributed by atoms with E-state index in [1.807, 2.05) is 30.0 Å². The quantitative estimate of drug-likeness (QED) is 0.737. The Morgan fingerprint density at radius 3 is 2.24 bits per heavy atom. The third-order valence-electron chi connectivity index (χ3n) is 5.97.